The van der Waals surface area contributed by atoms with Crippen LogP contribution in [0.5, 0.6) is 0 Å². The van der Waals surface area contributed by atoms with E-state index in [9.17, 15) is 4.79 Å². The summed E-state index contributed by atoms with van der Waals surface area (Å²) in [5.74, 6) is 0.319. The van der Waals surface area contributed by atoms with E-state index in [2.05, 4.69) is 28.8 Å². The average Bonchev–Trinajstić information content (AvgIpc) is 2.48. The van der Waals surface area contributed by atoms with Gasteiger partial charge in [0.2, 0.25) is 5.91 Å². The van der Waals surface area contributed by atoms with Gasteiger partial charge < -0.3 is 10.6 Å². The summed E-state index contributed by atoms with van der Waals surface area (Å²) in [5.41, 5.74) is 3.84. The van der Waals surface area contributed by atoms with Crippen molar-refractivity contribution in [3.63, 3.8) is 0 Å². The number of aryl methyl sites for hydroxylation is 1. The zero-order valence-electron chi connectivity index (χ0n) is 11.8. The number of carbonyl (C=O) groups is 1. The molecule has 0 aromatic heterocycles. The second-order valence-corrected chi connectivity index (χ2v) is 5.68. The van der Waals surface area contributed by atoms with E-state index in [1.54, 1.807) is 0 Å². The first kappa shape index (κ1) is 15.3. The topological polar surface area (TPSA) is 41.1 Å². The van der Waals surface area contributed by atoms with Gasteiger partial charge in [-0.2, -0.15) is 0 Å². The van der Waals surface area contributed by atoms with Crippen LogP contribution in [0.15, 0.2) is 18.2 Å². The maximum absolute atomic E-state index is 12.3. The van der Waals surface area contributed by atoms with Crippen molar-refractivity contribution in [3.05, 3.63) is 29.3 Å². The summed E-state index contributed by atoms with van der Waals surface area (Å²) >= 11 is 0. The number of hydrogen-bond donors (Lipinski definition) is 2. The van der Waals surface area contributed by atoms with E-state index in [1.165, 1.54) is 24.0 Å². The Morgan fingerprint density at radius 1 is 1.20 bits per heavy atom. The molecule has 3 nitrogen and oxygen atoms in total. The molecule has 2 aliphatic rings. The van der Waals surface area contributed by atoms with Crippen LogP contribution in [0.2, 0.25) is 0 Å². The Morgan fingerprint density at radius 2 is 2.05 bits per heavy atom. The number of rotatable bonds is 2. The highest BCUT2D eigenvalue weighted by Crippen LogP contribution is 2.28. The number of benzene rings is 1. The average molecular weight is 295 g/mol. The maximum atomic E-state index is 12.3. The highest BCUT2D eigenvalue weighted by molar-refractivity contribution is 5.93. The molecule has 1 aromatic rings. The fraction of sp³-hybridized carbons (Fsp3) is 0.562. The van der Waals surface area contributed by atoms with Crippen molar-refractivity contribution in [2.24, 2.45) is 5.92 Å². The first-order valence-corrected chi connectivity index (χ1v) is 7.47. The molecule has 1 aliphatic heterocycles. The van der Waals surface area contributed by atoms with E-state index in [0.717, 1.165) is 44.5 Å². The molecule has 3 rings (SSSR count). The molecule has 1 saturated heterocycles. The number of nitrogens with one attached hydrogen (secondary N) is 2. The molecule has 1 aromatic carbocycles. The quantitative estimate of drug-likeness (QED) is 0.880. The number of amides is 1. The fourth-order valence-electron chi connectivity index (χ4n) is 3.21. The summed E-state index contributed by atoms with van der Waals surface area (Å²) in [5, 5.41) is 6.46. The molecule has 1 aliphatic carbocycles. The molecule has 0 spiro atoms. The first-order chi connectivity index (χ1) is 9.34. The second kappa shape index (κ2) is 7.09. The summed E-state index contributed by atoms with van der Waals surface area (Å²) < 4.78 is 0. The van der Waals surface area contributed by atoms with Gasteiger partial charge in [-0.05, 0) is 62.3 Å². The van der Waals surface area contributed by atoms with E-state index < -0.39 is 0 Å². The normalized spacial score (nSPS) is 21.5. The lowest BCUT2D eigenvalue weighted by Crippen LogP contribution is -2.37. The van der Waals surface area contributed by atoms with Crippen LogP contribution in [0, 0.1) is 5.92 Å². The van der Waals surface area contributed by atoms with Crippen LogP contribution in [-0.2, 0) is 17.6 Å². The molecule has 0 saturated carbocycles. The van der Waals surface area contributed by atoms with Crippen molar-refractivity contribution < 1.29 is 4.79 Å². The third kappa shape index (κ3) is 3.33. The molecule has 1 fully saturated rings. The SMILES string of the molecule is Cl.O=C(Nc1cccc2c1CCCC2)[C@@H]1CCCNC1. The van der Waals surface area contributed by atoms with E-state index in [1.807, 2.05) is 0 Å². The molecule has 2 N–H and O–H groups in total. The number of hydrogen-bond acceptors (Lipinski definition) is 2. The largest absolute Gasteiger partial charge is 0.326 e. The molecular weight excluding hydrogens is 272 g/mol. The van der Waals surface area contributed by atoms with Crippen LogP contribution in [0.25, 0.3) is 0 Å². The van der Waals surface area contributed by atoms with Crippen molar-refractivity contribution in [1.82, 2.24) is 5.32 Å². The van der Waals surface area contributed by atoms with Gasteiger partial charge in [-0.15, -0.1) is 12.4 Å². The minimum Gasteiger partial charge on any atom is -0.326 e. The third-order valence-electron chi connectivity index (χ3n) is 4.32. The van der Waals surface area contributed by atoms with Gasteiger partial charge in [-0.1, -0.05) is 12.1 Å². The third-order valence-corrected chi connectivity index (χ3v) is 4.32. The Hall–Kier alpha value is -1.06. The van der Waals surface area contributed by atoms with Gasteiger partial charge in [0.1, 0.15) is 0 Å². The van der Waals surface area contributed by atoms with Crippen LogP contribution in [0.3, 0.4) is 0 Å². The Labute approximate surface area is 126 Å². The van der Waals surface area contributed by atoms with Crippen molar-refractivity contribution in [2.45, 2.75) is 38.5 Å². The van der Waals surface area contributed by atoms with Gasteiger partial charge in [0.15, 0.2) is 0 Å². The van der Waals surface area contributed by atoms with Crippen LogP contribution < -0.4 is 10.6 Å². The number of halogens is 1. The number of piperidine rings is 1. The van der Waals surface area contributed by atoms with Gasteiger partial charge in [0, 0.05) is 12.2 Å². The molecule has 20 heavy (non-hydrogen) atoms. The van der Waals surface area contributed by atoms with Gasteiger partial charge >= 0.3 is 0 Å². The summed E-state index contributed by atoms with van der Waals surface area (Å²) in [6, 6.07) is 6.32. The Bertz CT molecular complexity index is 470. The summed E-state index contributed by atoms with van der Waals surface area (Å²) in [4.78, 5) is 12.3. The lowest BCUT2D eigenvalue weighted by molar-refractivity contribution is -0.120. The minimum absolute atomic E-state index is 0. The van der Waals surface area contributed by atoms with Crippen LogP contribution in [0.1, 0.15) is 36.8 Å². The van der Waals surface area contributed by atoms with Gasteiger partial charge in [0.25, 0.3) is 0 Å². The summed E-state index contributed by atoms with van der Waals surface area (Å²) in [7, 11) is 0. The Balaban J connectivity index is 0.00000147. The lowest BCUT2D eigenvalue weighted by atomic mass is 9.90. The van der Waals surface area contributed by atoms with Crippen molar-refractivity contribution in [1.29, 1.82) is 0 Å². The zero-order chi connectivity index (χ0) is 13.1. The molecule has 110 valence electrons. The Kier molecular flexibility index (Phi) is 5.44. The predicted octanol–water partition coefficient (Wildman–Crippen LogP) is 2.93. The van der Waals surface area contributed by atoms with Gasteiger partial charge in [-0.25, -0.2) is 0 Å². The number of anilines is 1. The standard InChI is InChI=1S/C16H22N2O.ClH/c19-16(13-7-4-10-17-11-13)18-15-9-3-6-12-5-1-2-8-14(12)15;/h3,6,9,13,17H,1-2,4-5,7-8,10-11H2,(H,18,19);1H/t13-;/m1./s1. The van der Waals surface area contributed by atoms with Crippen molar-refractivity contribution >= 4 is 24.0 Å². The highest BCUT2D eigenvalue weighted by atomic mass is 35.5. The molecule has 0 bridgehead atoms. The molecule has 1 atom stereocenters. The summed E-state index contributed by atoms with van der Waals surface area (Å²) in [6.07, 6.45) is 6.89. The van der Waals surface area contributed by atoms with E-state index in [4.69, 9.17) is 0 Å². The molecule has 0 radical (unpaired) electrons. The van der Waals surface area contributed by atoms with E-state index in [-0.39, 0.29) is 24.2 Å². The molecule has 1 heterocycles. The smallest absolute Gasteiger partial charge is 0.228 e. The van der Waals surface area contributed by atoms with Gasteiger partial charge in [0.05, 0.1) is 5.92 Å². The van der Waals surface area contributed by atoms with E-state index in [0.29, 0.717) is 0 Å². The number of carbonyl (C=O) groups excluding carboxylic acids is 1. The molecule has 1 amide bonds. The Morgan fingerprint density at radius 3 is 2.85 bits per heavy atom. The first-order valence-electron chi connectivity index (χ1n) is 7.47. The van der Waals surface area contributed by atoms with Crippen LogP contribution >= 0.6 is 12.4 Å². The van der Waals surface area contributed by atoms with Crippen molar-refractivity contribution in [3.8, 4) is 0 Å². The maximum Gasteiger partial charge on any atom is 0.228 e. The van der Waals surface area contributed by atoms with Crippen LogP contribution in [0.4, 0.5) is 5.69 Å². The minimum atomic E-state index is 0. The van der Waals surface area contributed by atoms with Gasteiger partial charge in [-0.3, -0.25) is 4.79 Å². The summed E-state index contributed by atoms with van der Waals surface area (Å²) in [6.45, 7) is 1.87. The zero-order valence-corrected chi connectivity index (χ0v) is 12.6. The highest BCUT2D eigenvalue weighted by Gasteiger charge is 2.22. The second-order valence-electron chi connectivity index (χ2n) is 5.68. The van der Waals surface area contributed by atoms with E-state index >= 15 is 0 Å². The molecular formula is C16H23ClN2O. The monoisotopic (exact) mass is 294 g/mol. The number of fused-ring (bicyclic) bond motifs is 1. The lowest BCUT2D eigenvalue weighted by Gasteiger charge is -2.24. The van der Waals surface area contributed by atoms with Crippen molar-refractivity contribution in [2.75, 3.05) is 18.4 Å². The molecule has 4 heteroatoms. The predicted molar refractivity (Wildman–Crippen MR) is 84.6 cm³/mol. The fourth-order valence-corrected chi connectivity index (χ4v) is 3.21. The van der Waals surface area contributed by atoms with Crippen LogP contribution in [-0.4, -0.2) is 19.0 Å². The molecule has 0 unspecified atom stereocenters.